The minimum atomic E-state index is -0.591. The standard InChI is InChI=1S/C22H28N4O4.C16H18N4O2/c1-22(2,3)30-21(28)26-10-9-15(11-16-13-24(4)14-23-16)18-12-17(7-8-19(18)26)25(5)20(27)29-6;1-20(16(21)22-2)13-3-4-15-14(8-13)11(5-6-18-15)7-12-9-17-10-19-12/h7-8,11-14H,9-10H2,1-6H3;3-4,7-10,18H,5-6H2,1-2H3,(H,17,19)/b15-11+;11-7+. The molecule has 4 aromatic rings. The van der Waals surface area contributed by atoms with Crippen LogP contribution in [0.5, 0.6) is 0 Å². The van der Waals surface area contributed by atoms with Crippen molar-refractivity contribution in [2.24, 2.45) is 7.05 Å². The predicted molar refractivity (Wildman–Crippen MR) is 203 cm³/mol. The van der Waals surface area contributed by atoms with Crippen LogP contribution in [0.1, 0.15) is 56.1 Å². The number of nitrogens with zero attached hydrogens (tertiary/aromatic N) is 6. The second kappa shape index (κ2) is 15.9. The third kappa shape index (κ3) is 8.81. The van der Waals surface area contributed by atoms with E-state index >= 15 is 0 Å². The van der Waals surface area contributed by atoms with Crippen LogP contribution in [-0.2, 0) is 21.3 Å². The summed E-state index contributed by atoms with van der Waals surface area (Å²) in [5.41, 5.74) is 8.65. The van der Waals surface area contributed by atoms with Gasteiger partial charge in [0.15, 0.2) is 0 Å². The van der Waals surface area contributed by atoms with Crippen molar-refractivity contribution in [2.75, 3.05) is 61.4 Å². The third-order valence-corrected chi connectivity index (χ3v) is 8.46. The number of rotatable bonds is 4. The molecule has 2 aliphatic rings. The van der Waals surface area contributed by atoms with Gasteiger partial charge in [-0.1, -0.05) is 0 Å². The Morgan fingerprint density at radius 1 is 0.904 bits per heavy atom. The maximum Gasteiger partial charge on any atom is 0.414 e. The topological polar surface area (TPSA) is 147 Å². The van der Waals surface area contributed by atoms with Crippen LogP contribution < -0.4 is 20.0 Å². The van der Waals surface area contributed by atoms with E-state index in [1.807, 2.05) is 75.0 Å². The summed E-state index contributed by atoms with van der Waals surface area (Å²) in [5.74, 6) is 0. The van der Waals surface area contributed by atoms with E-state index in [-0.39, 0.29) is 6.09 Å². The molecule has 0 aliphatic carbocycles. The highest BCUT2D eigenvalue weighted by molar-refractivity contribution is 5.99. The molecule has 14 heteroatoms. The van der Waals surface area contributed by atoms with Crippen molar-refractivity contribution in [3.05, 3.63) is 84.0 Å². The highest BCUT2D eigenvalue weighted by Crippen LogP contribution is 2.39. The van der Waals surface area contributed by atoms with Gasteiger partial charge in [-0.25, -0.2) is 24.4 Å². The van der Waals surface area contributed by atoms with Crippen molar-refractivity contribution in [3.63, 3.8) is 0 Å². The van der Waals surface area contributed by atoms with E-state index < -0.39 is 17.8 Å². The Bertz CT molecular complexity index is 1970. The van der Waals surface area contributed by atoms with Crippen molar-refractivity contribution in [1.82, 2.24) is 19.5 Å². The van der Waals surface area contributed by atoms with Crippen LogP contribution in [-0.4, -0.2) is 84.8 Å². The molecule has 0 radical (unpaired) electrons. The Morgan fingerprint density at radius 3 is 2.15 bits per heavy atom. The molecule has 0 unspecified atom stereocenters. The average Bonchev–Trinajstić information content (AvgIpc) is 3.80. The summed E-state index contributed by atoms with van der Waals surface area (Å²) in [5, 5.41) is 3.38. The van der Waals surface area contributed by atoms with Crippen LogP contribution in [0.4, 0.5) is 37.1 Å². The highest BCUT2D eigenvalue weighted by atomic mass is 16.6. The molecule has 0 saturated carbocycles. The molecule has 14 nitrogen and oxygen atoms in total. The molecule has 0 bridgehead atoms. The molecule has 0 fully saturated rings. The number of aromatic amines is 1. The number of H-pyrrole nitrogens is 1. The van der Waals surface area contributed by atoms with E-state index in [0.29, 0.717) is 18.7 Å². The maximum absolute atomic E-state index is 12.8. The number of imidazole rings is 2. The van der Waals surface area contributed by atoms with E-state index in [1.165, 1.54) is 29.6 Å². The van der Waals surface area contributed by atoms with Crippen LogP contribution in [0.3, 0.4) is 0 Å². The zero-order valence-electron chi connectivity index (χ0n) is 30.9. The number of carbonyl (C=O) groups excluding carboxylic acids is 3. The lowest BCUT2D eigenvalue weighted by atomic mass is 9.94. The number of nitrogens with one attached hydrogen (secondary N) is 2. The molecule has 2 aromatic carbocycles. The number of aryl methyl sites for hydroxylation is 1. The van der Waals surface area contributed by atoms with Crippen LogP contribution in [0, 0.1) is 0 Å². The van der Waals surface area contributed by atoms with E-state index in [9.17, 15) is 14.4 Å². The van der Waals surface area contributed by atoms with Crippen molar-refractivity contribution >= 4 is 64.3 Å². The first kappa shape index (κ1) is 37.2. The third-order valence-electron chi connectivity index (χ3n) is 8.46. The van der Waals surface area contributed by atoms with Crippen LogP contribution in [0.2, 0.25) is 0 Å². The fraction of sp³-hybridized carbons (Fsp3) is 0.342. The number of fused-ring (bicyclic) bond motifs is 2. The zero-order chi connectivity index (χ0) is 37.6. The molecule has 3 amide bonds. The predicted octanol–water partition coefficient (Wildman–Crippen LogP) is 7.28. The first-order valence-electron chi connectivity index (χ1n) is 16.8. The Balaban J connectivity index is 0.000000210. The van der Waals surface area contributed by atoms with Gasteiger partial charge in [-0.05, 0) is 93.3 Å². The minimum Gasteiger partial charge on any atom is -0.452 e. The molecule has 52 heavy (non-hydrogen) atoms. The number of anilines is 4. The number of benzene rings is 2. The van der Waals surface area contributed by atoms with E-state index in [2.05, 4.69) is 26.3 Å². The molecule has 274 valence electrons. The van der Waals surface area contributed by atoms with Gasteiger partial charge in [0.05, 0.1) is 50.1 Å². The lowest BCUT2D eigenvalue weighted by Gasteiger charge is -2.33. The summed E-state index contributed by atoms with van der Waals surface area (Å²) >= 11 is 0. The van der Waals surface area contributed by atoms with Crippen molar-refractivity contribution < 1.29 is 28.6 Å². The number of aromatic nitrogens is 4. The number of hydrogen-bond acceptors (Lipinski definition) is 9. The second-order valence-corrected chi connectivity index (χ2v) is 13.4. The number of ether oxygens (including phenoxy) is 3. The van der Waals surface area contributed by atoms with Gasteiger partial charge >= 0.3 is 18.3 Å². The molecule has 0 spiro atoms. The van der Waals surface area contributed by atoms with Gasteiger partial charge in [0.25, 0.3) is 0 Å². The summed E-state index contributed by atoms with van der Waals surface area (Å²) in [7, 11) is 7.97. The molecule has 0 atom stereocenters. The van der Waals surface area contributed by atoms with Crippen LogP contribution >= 0.6 is 0 Å². The summed E-state index contributed by atoms with van der Waals surface area (Å²) in [6.45, 7) is 6.91. The van der Waals surface area contributed by atoms with Crippen LogP contribution in [0.15, 0.2) is 61.4 Å². The monoisotopic (exact) mass is 710 g/mol. The summed E-state index contributed by atoms with van der Waals surface area (Å²) in [6.07, 6.45) is 11.5. The van der Waals surface area contributed by atoms with E-state index in [1.54, 1.807) is 43.9 Å². The first-order chi connectivity index (χ1) is 24.8. The lowest BCUT2D eigenvalue weighted by Crippen LogP contribution is -2.39. The van der Waals surface area contributed by atoms with Gasteiger partial charge in [0, 0.05) is 68.6 Å². The van der Waals surface area contributed by atoms with E-state index in [4.69, 9.17) is 14.2 Å². The fourth-order valence-corrected chi connectivity index (χ4v) is 5.85. The normalized spacial score (nSPS) is 15.0. The van der Waals surface area contributed by atoms with Gasteiger partial charge in [-0.15, -0.1) is 0 Å². The number of carbonyl (C=O) groups is 3. The van der Waals surface area contributed by atoms with Crippen molar-refractivity contribution in [2.45, 2.75) is 39.2 Å². The first-order valence-corrected chi connectivity index (χ1v) is 16.8. The number of amides is 3. The van der Waals surface area contributed by atoms with Gasteiger partial charge in [-0.2, -0.15) is 0 Å². The maximum atomic E-state index is 12.8. The Kier molecular flexibility index (Phi) is 11.4. The van der Waals surface area contributed by atoms with Crippen molar-refractivity contribution in [3.8, 4) is 0 Å². The van der Waals surface area contributed by atoms with Gasteiger partial charge in [0.1, 0.15) is 5.60 Å². The van der Waals surface area contributed by atoms with E-state index in [0.717, 1.165) is 58.1 Å². The van der Waals surface area contributed by atoms with Gasteiger partial charge < -0.3 is 29.1 Å². The average molecular weight is 711 g/mol. The Labute approximate surface area is 303 Å². The number of hydrogen-bond donors (Lipinski definition) is 2. The van der Waals surface area contributed by atoms with Crippen molar-refractivity contribution in [1.29, 1.82) is 0 Å². The molecule has 2 aromatic heterocycles. The largest absolute Gasteiger partial charge is 0.452 e. The number of methoxy groups -OCH3 is 2. The highest BCUT2D eigenvalue weighted by Gasteiger charge is 2.30. The lowest BCUT2D eigenvalue weighted by molar-refractivity contribution is 0.0580. The van der Waals surface area contributed by atoms with Crippen LogP contribution in [0.25, 0.3) is 23.3 Å². The molecular weight excluding hydrogens is 664 g/mol. The summed E-state index contributed by atoms with van der Waals surface area (Å²) in [6, 6.07) is 11.4. The van der Waals surface area contributed by atoms with Gasteiger partial charge in [0.2, 0.25) is 0 Å². The van der Waals surface area contributed by atoms with Gasteiger partial charge in [-0.3, -0.25) is 14.7 Å². The fourth-order valence-electron chi connectivity index (χ4n) is 5.85. The Hall–Kier alpha value is -6.05. The molecular formula is C38H46N8O6. The molecule has 2 N–H and O–H groups in total. The Morgan fingerprint density at radius 2 is 1.56 bits per heavy atom. The second-order valence-electron chi connectivity index (χ2n) is 13.4. The molecule has 2 aliphatic heterocycles. The molecule has 6 rings (SSSR count). The molecule has 0 saturated heterocycles. The summed E-state index contributed by atoms with van der Waals surface area (Å²) < 4.78 is 17.1. The minimum absolute atomic E-state index is 0.386. The zero-order valence-corrected chi connectivity index (χ0v) is 30.9. The SMILES string of the molecule is COC(=O)N(C)c1ccc2c(c1)/C(=C/c1cn(C)cn1)CCN2C(=O)OC(C)(C)C.COC(=O)N(C)c1ccc2c(c1)/C(=C/c1cnc[nH]1)CCN2. The smallest absolute Gasteiger partial charge is 0.414 e. The molecule has 4 heterocycles. The summed E-state index contributed by atoms with van der Waals surface area (Å²) in [4.78, 5) is 52.5. The quantitative estimate of drug-likeness (QED) is 0.209.